The Morgan fingerprint density at radius 1 is 1.38 bits per heavy atom. The zero-order valence-electron chi connectivity index (χ0n) is 6.51. The van der Waals surface area contributed by atoms with Gasteiger partial charge in [-0.3, -0.25) is 4.79 Å². The van der Waals surface area contributed by atoms with Gasteiger partial charge in [0.05, 0.1) is 10.7 Å². The van der Waals surface area contributed by atoms with Crippen LogP contribution >= 0.6 is 23.2 Å². The highest BCUT2D eigenvalue weighted by atomic mass is 35.5. The molecule has 0 saturated carbocycles. The maximum Gasteiger partial charge on any atom is 0.284 e. The van der Waals surface area contributed by atoms with Gasteiger partial charge in [0, 0.05) is 6.42 Å². The lowest BCUT2D eigenvalue weighted by Gasteiger charge is -2.00. The summed E-state index contributed by atoms with van der Waals surface area (Å²) in [7, 11) is 0. The highest BCUT2D eigenvalue weighted by Gasteiger charge is 2.09. The predicted molar refractivity (Wildman–Crippen MR) is 49.3 cm³/mol. The molecule has 1 aromatic heterocycles. The minimum Gasteiger partial charge on any atom is -0.303 e. The monoisotopic (exact) mass is 220 g/mol. The lowest BCUT2D eigenvalue weighted by Crippen LogP contribution is -2.11. The molecule has 0 amide bonds. The van der Waals surface area contributed by atoms with E-state index in [9.17, 15) is 9.59 Å². The molecular formula is C7H6Cl2N2O2. The van der Waals surface area contributed by atoms with E-state index >= 15 is 0 Å². The molecule has 13 heavy (non-hydrogen) atoms. The highest BCUT2D eigenvalue weighted by Crippen LogP contribution is 2.20. The average Bonchev–Trinajstić information content (AvgIpc) is 2.13. The number of aldehydes is 1. The average molecular weight is 221 g/mol. The van der Waals surface area contributed by atoms with Gasteiger partial charge in [0.2, 0.25) is 0 Å². The number of nitrogens with zero attached hydrogens (tertiary/aromatic N) is 1. The van der Waals surface area contributed by atoms with Crippen LogP contribution in [0.1, 0.15) is 12.1 Å². The first-order valence-corrected chi connectivity index (χ1v) is 4.28. The van der Waals surface area contributed by atoms with Gasteiger partial charge in [-0.1, -0.05) is 23.2 Å². The third-order valence-corrected chi connectivity index (χ3v) is 2.30. The van der Waals surface area contributed by atoms with Gasteiger partial charge in [-0.05, 0) is 6.42 Å². The predicted octanol–water partition coefficient (Wildman–Crippen LogP) is 1.21. The van der Waals surface area contributed by atoms with Crippen molar-refractivity contribution in [3.05, 3.63) is 26.1 Å². The molecule has 0 aromatic carbocycles. The molecule has 1 rings (SSSR count). The second-order valence-electron chi connectivity index (χ2n) is 2.33. The minimum absolute atomic E-state index is 0.0856. The Bertz CT molecular complexity index is 375. The number of aryl methyl sites for hydroxylation is 1. The van der Waals surface area contributed by atoms with Gasteiger partial charge in [-0.25, -0.2) is 5.10 Å². The van der Waals surface area contributed by atoms with Crippen LogP contribution in [0.15, 0.2) is 4.79 Å². The number of hydrogen-bond acceptors (Lipinski definition) is 3. The number of nitrogens with one attached hydrogen (secondary N) is 1. The van der Waals surface area contributed by atoms with Gasteiger partial charge in [0.15, 0.2) is 0 Å². The SMILES string of the molecule is O=CCCc1n[nH]c(=O)c(Cl)c1Cl. The number of rotatable bonds is 3. The molecule has 0 unspecified atom stereocenters. The maximum absolute atomic E-state index is 10.9. The highest BCUT2D eigenvalue weighted by molar-refractivity contribution is 6.42. The van der Waals surface area contributed by atoms with Gasteiger partial charge in [-0.15, -0.1) is 0 Å². The Balaban J connectivity index is 3.03. The molecule has 1 aromatic rings. The van der Waals surface area contributed by atoms with E-state index in [4.69, 9.17) is 23.2 Å². The van der Waals surface area contributed by atoms with Gasteiger partial charge in [0.1, 0.15) is 11.3 Å². The van der Waals surface area contributed by atoms with Crippen molar-refractivity contribution in [1.29, 1.82) is 0 Å². The smallest absolute Gasteiger partial charge is 0.284 e. The number of aromatic amines is 1. The zero-order valence-corrected chi connectivity index (χ0v) is 8.02. The van der Waals surface area contributed by atoms with Crippen molar-refractivity contribution in [2.45, 2.75) is 12.8 Å². The van der Waals surface area contributed by atoms with Crippen LogP contribution in [0.4, 0.5) is 0 Å². The number of carbonyl (C=O) groups excluding carboxylic acids is 1. The van der Waals surface area contributed by atoms with E-state index in [0.717, 1.165) is 6.29 Å². The number of hydrogen-bond donors (Lipinski definition) is 1. The Morgan fingerprint density at radius 3 is 2.69 bits per heavy atom. The number of carbonyl (C=O) groups is 1. The lowest BCUT2D eigenvalue weighted by atomic mass is 10.2. The molecule has 0 radical (unpaired) electrons. The van der Waals surface area contributed by atoms with E-state index in [-0.39, 0.29) is 10.0 Å². The Labute approximate surface area is 83.9 Å². The minimum atomic E-state index is -0.526. The van der Waals surface area contributed by atoms with Crippen LogP contribution in [0.5, 0.6) is 0 Å². The molecule has 0 spiro atoms. The molecule has 4 nitrogen and oxygen atoms in total. The maximum atomic E-state index is 10.9. The molecule has 1 N–H and O–H groups in total. The van der Waals surface area contributed by atoms with Crippen LogP contribution in [-0.4, -0.2) is 16.5 Å². The van der Waals surface area contributed by atoms with Crippen LogP contribution < -0.4 is 5.56 Å². The van der Waals surface area contributed by atoms with Crippen molar-refractivity contribution in [1.82, 2.24) is 10.2 Å². The molecule has 1 heterocycles. The fraction of sp³-hybridized carbons (Fsp3) is 0.286. The molecule has 0 aliphatic carbocycles. The van der Waals surface area contributed by atoms with E-state index in [1.165, 1.54) is 0 Å². The molecule has 0 aliphatic rings. The molecule has 0 saturated heterocycles. The number of aromatic nitrogens is 2. The normalized spacial score (nSPS) is 10.0. The van der Waals surface area contributed by atoms with Crippen LogP contribution in [0.3, 0.4) is 0 Å². The first kappa shape index (κ1) is 10.2. The summed E-state index contributed by atoms with van der Waals surface area (Å²) in [6.07, 6.45) is 1.42. The third-order valence-electron chi connectivity index (χ3n) is 1.44. The lowest BCUT2D eigenvalue weighted by molar-refractivity contribution is -0.107. The summed E-state index contributed by atoms with van der Waals surface area (Å²) in [6.45, 7) is 0. The van der Waals surface area contributed by atoms with Crippen LogP contribution in [0.2, 0.25) is 10.0 Å². The van der Waals surface area contributed by atoms with Gasteiger partial charge >= 0.3 is 0 Å². The van der Waals surface area contributed by atoms with Crippen molar-refractivity contribution in [3.8, 4) is 0 Å². The Hall–Kier alpha value is -0.870. The van der Waals surface area contributed by atoms with Crippen molar-refractivity contribution >= 4 is 29.5 Å². The summed E-state index contributed by atoms with van der Waals surface area (Å²) in [4.78, 5) is 20.9. The summed E-state index contributed by atoms with van der Waals surface area (Å²) in [5.41, 5.74) is -0.0973. The van der Waals surface area contributed by atoms with Crippen LogP contribution in [0.25, 0.3) is 0 Å². The van der Waals surface area contributed by atoms with Crippen LogP contribution in [-0.2, 0) is 11.2 Å². The first-order chi connectivity index (χ1) is 6.16. The first-order valence-electron chi connectivity index (χ1n) is 3.53. The van der Waals surface area contributed by atoms with Crippen molar-refractivity contribution in [2.24, 2.45) is 0 Å². The summed E-state index contributed by atoms with van der Waals surface area (Å²) in [5, 5.41) is 5.88. The topological polar surface area (TPSA) is 62.8 Å². The summed E-state index contributed by atoms with van der Waals surface area (Å²) in [5.74, 6) is 0. The van der Waals surface area contributed by atoms with E-state index in [0.29, 0.717) is 18.5 Å². The van der Waals surface area contributed by atoms with Gasteiger partial charge < -0.3 is 4.79 Å². The molecule has 0 fully saturated rings. The van der Waals surface area contributed by atoms with Crippen molar-refractivity contribution in [2.75, 3.05) is 0 Å². The van der Waals surface area contributed by atoms with Gasteiger partial charge in [0.25, 0.3) is 5.56 Å². The third kappa shape index (κ3) is 2.29. The standard InChI is InChI=1S/C7H6Cl2N2O2/c8-5-4(2-1-3-12)10-11-7(13)6(5)9/h3H,1-2H2,(H,11,13). The molecule has 0 atom stereocenters. The zero-order chi connectivity index (χ0) is 9.84. The van der Waals surface area contributed by atoms with E-state index < -0.39 is 5.56 Å². The summed E-state index contributed by atoms with van der Waals surface area (Å²) < 4.78 is 0. The second-order valence-corrected chi connectivity index (χ2v) is 3.09. The second kappa shape index (κ2) is 4.39. The Morgan fingerprint density at radius 2 is 2.08 bits per heavy atom. The fourth-order valence-corrected chi connectivity index (χ4v) is 1.18. The van der Waals surface area contributed by atoms with E-state index in [2.05, 4.69) is 10.2 Å². The van der Waals surface area contributed by atoms with Gasteiger partial charge in [-0.2, -0.15) is 5.10 Å². The summed E-state index contributed by atoms with van der Waals surface area (Å²) in [6, 6.07) is 0. The number of halogens is 2. The van der Waals surface area contributed by atoms with Crippen LogP contribution in [0, 0.1) is 0 Å². The molecule has 6 heteroatoms. The molecule has 0 aliphatic heterocycles. The molecular weight excluding hydrogens is 215 g/mol. The van der Waals surface area contributed by atoms with Crippen molar-refractivity contribution < 1.29 is 4.79 Å². The Kier molecular flexibility index (Phi) is 3.45. The summed E-state index contributed by atoms with van der Waals surface area (Å²) >= 11 is 11.3. The van der Waals surface area contributed by atoms with Crippen molar-refractivity contribution in [3.63, 3.8) is 0 Å². The van der Waals surface area contributed by atoms with E-state index in [1.54, 1.807) is 0 Å². The quantitative estimate of drug-likeness (QED) is 0.780. The van der Waals surface area contributed by atoms with E-state index in [1.807, 2.05) is 0 Å². The largest absolute Gasteiger partial charge is 0.303 e. The number of H-pyrrole nitrogens is 1. The molecule has 70 valence electrons. The molecule has 0 bridgehead atoms. The fourth-order valence-electron chi connectivity index (χ4n) is 0.804.